The number of nitrogens with one attached hydrogen (secondary N) is 1. The van der Waals surface area contributed by atoms with Crippen molar-refractivity contribution in [3.63, 3.8) is 0 Å². The standard InChI is InChI=1S/C23H29N3O5/c1-4-26(14-22(27)24-17-9-11-18(29-3)12-10-17)15-23(28)25(2)13-19-16-30-20-7-5-6-8-21(20)31-19/h5-12,19H,4,13-16H2,1-3H3,(H,24,27)/t19-/m1/s1. The highest BCUT2D eigenvalue weighted by molar-refractivity contribution is 5.92. The molecule has 8 nitrogen and oxygen atoms in total. The van der Waals surface area contributed by atoms with E-state index in [1.807, 2.05) is 31.2 Å². The van der Waals surface area contributed by atoms with Gasteiger partial charge in [-0.3, -0.25) is 14.5 Å². The number of benzene rings is 2. The maximum absolute atomic E-state index is 12.7. The first-order valence-electron chi connectivity index (χ1n) is 10.3. The van der Waals surface area contributed by atoms with E-state index in [-0.39, 0.29) is 31.0 Å². The molecule has 31 heavy (non-hydrogen) atoms. The van der Waals surface area contributed by atoms with Crippen molar-refractivity contribution in [3.05, 3.63) is 48.5 Å². The Kier molecular flexibility index (Phi) is 7.72. The van der Waals surface area contributed by atoms with Crippen molar-refractivity contribution in [1.29, 1.82) is 0 Å². The molecule has 0 aliphatic carbocycles. The molecule has 1 aliphatic heterocycles. The minimum atomic E-state index is -0.239. The molecule has 3 rings (SSSR count). The van der Waals surface area contributed by atoms with E-state index in [4.69, 9.17) is 14.2 Å². The van der Waals surface area contributed by atoms with Gasteiger partial charge in [0.1, 0.15) is 12.4 Å². The van der Waals surface area contributed by atoms with Gasteiger partial charge in [-0.15, -0.1) is 0 Å². The van der Waals surface area contributed by atoms with Gasteiger partial charge in [0.15, 0.2) is 17.6 Å². The smallest absolute Gasteiger partial charge is 0.238 e. The minimum absolute atomic E-state index is 0.0819. The molecule has 2 amide bonds. The number of methoxy groups -OCH3 is 1. The second kappa shape index (κ2) is 10.7. The quantitative estimate of drug-likeness (QED) is 0.661. The molecule has 0 aromatic heterocycles. The molecule has 0 spiro atoms. The summed E-state index contributed by atoms with van der Waals surface area (Å²) in [7, 11) is 3.32. The van der Waals surface area contributed by atoms with Crippen molar-refractivity contribution in [2.24, 2.45) is 0 Å². The summed E-state index contributed by atoms with van der Waals surface area (Å²) in [6.07, 6.45) is -0.239. The Bertz CT molecular complexity index is 887. The zero-order valence-corrected chi connectivity index (χ0v) is 18.2. The molecule has 0 radical (unpaired) electrons. The Hall–Kier alpha value is -3.26. The van der Waals surface area contributed by atoms with E-state index < -0.39 is 0 Å². The summed E-state index contributed by atoms with van der Waals surface area (Å²) in [5.74, 6) is 1.86. The fourth-order valence-electron chi connectivity index (χ4n) is 3.23. The van der Waals surface area contributed by atoms with E-state index in [1.54, 1.807) is 48.2 Å². The lowest BCUT2D eigenvalue weighted by molar-refractivity contribution is -0.132. The molecule has 1 heterocycles. The van der Waals surface area contributed by atoms with E-state index in [0.717, 1.165) is 5.75 Å². The molecule has 0 fully saturated rings. The fraction of sp³-hybridized carbons (Fsp3) is 0.391. The molecule has 1 atom stereocenters. The van der Waals surface area contributed by atoms with Crippen LogP contribution >= 0.6 is 0 Å². The van der Waals surface area contributed by atoms with Crippen LogP contribution < -0.4 is 19.5 Å². The summed E-state index contributed by atoms with van der Waals surface area (Å²) in [6.45, 7) is 3.56. The number of anilines is 1. The van der Waals surface area contributed by atoms with Crippen LogP contribution in [-0.2, 0) is 9.59 Å². The molecular formula is C23H29N3O5. The number of hydrogen-bond donors (Lipinski definition) is 1. The number of rotatable bonds is 9. The van der Waals surface area contributed by atoms with Crippen molar-refractivity contribution >= 4 is 17.5 Å². The molecule has 1 N–H and O–H groups in total. The van der Waals surface area contributed by atoms with Gasteiger partial charge in [0.2, 0.25) is 11.8 Å². The van der Waals surface area contributed by atoms with Gasteiger partial charge in [0.05, 0.1) is 26.7 Å². The number of ether oxygens (including phenoxy) is 3. The number of carbonyl (C=O) groups excluding carboxylic acids is 2. The monoisotopic (exact) mass is 427 g/mol. The molecule has 2 aromatic rings. The van der Waals surface area contributed by atoms with E-state index >= 15 is 0 Å². The Morgan fingerprint density at radius 2 is 1.81 bits per heavy atom. The zero-order chi connectivity index (χ0) is 22.2. The van der Waals surface area contributed by atoms with Gasteiger partial charge >= 0.3 is 0 Å². The average molecular weight is 428 g/mol. The zero-order valence-electron chi connectivity index (χ0n) is 18.2. The Morgan fingerprint density at radius 3 is 2.48 bits per heavy atom. The number of hydrogen-bond acceptors (Lipinski definition) is 6. The molecular weight excluding hydrogens is 398 g/mol. The van der Waals surface area contributed by atoms with Gasteiger partial charge in [-0.2, -0.15) is 0 Å². The summed E-state index contributed by atoms with van der Waals surface area (Å²) in [4.78, 5) is 28.5. The second-order valence-electron chi connectivity index (χ2n) is 7.35. The topological polar surface area (TPSA) is 80.3 Å². The molecule has 0 unspecified atom stereocenters. The van der Waals surface area contributed by atoms with Crippen molar-refractivity contribution in [1.82, 2.24) is 9.80 Å². The van der Waals surface area contributed by atoms with Crippen LogP contribution in [0.25, 0.3) is 0 Å². The predicted octanol–water partition coefficient (Wildman–Crippen LogP) is 2.25. The largest absolute Gasteiger partial charge is 0.497 e. The number of nitrogens with zero attached hydrogens (tertiary/aromatic N) is 2. The number of likely N-dealkylation sites (N-methyl/N-ethyl adjacent to an activating group) is 2. The molecule has 1 aliphatic rings. The van der Waals surface area contributed by atoms with Gasteiger partial charge in [-0.25, -0.2) is 0 Å². The SMILES string of the molecule is CCN(CC(=O)Nc1ccc(OC)cc1)CC(=O)N(C)C[C@@H]1COc2ccccc2O1. The number of carbonyl (C=O) groups is 2. The van der Waals surface area contributed by atoms with Crippen LogP contribution in [0.3, 0.4) is 0 Å². The summed E-state index contributed by atoms with van der Waals surface area (Å²) in [6, 6.07) is 14.6. The Labute approximate surface area is 182 Å². The Balaban J connectivity index is 1.46. The van der Waals surface area contributed by atoms with E-state index in [1.165, 1.54) is 0 Å². The molecule has 0 saturated heterocycles. The average Bonchev–Trinajstić information content (AvgIpc) is 2.78. The molecule has 0 bridgehead atoms. The lowest BCUT2D eigenvalue weighted by Crippen LogP contribution is -2.46. The highest BCUT2D eigenvalue weighted by Crippen LogP contribution is 2.30. The van der Waals surface area contributed by atoms with Gasteiger partial charge in [-0.05, 0) is 42.9 Å². The minimum Gasteiger partial charge on any atom is -0.497 e. The summed E-state index contributed by atoms with van der Waals surface area (Å²) >= 11 is 0. The van der Waals surface area contributed by atoms with Crippen LogP contribution in [-0.4, -0.2) is 74.7 Å². The first-order valence-corrected chi connectivity index (χ1v) is 10.3. The maximum atomic E-state index is 12.7. The lowest BCUT2D eigenvalue weighted by Gasteiger charge is -2.30. The highest BCUT2D eigenvalue weighted by atomic mass is 16.6. The third-order valence-electron chi connectivity index (χ3n) is 5.02. The first-order chi connectivity index (χ1) is 15.0. The van der Waals surface area contributed by atoms with Gasteiger partial charge in [0, 0.05) is 12.7 Å². The van der Waals surface area contributed by atoms with Crippen LogP contribution in [0.5, 0.6) is 17.2 Å². The van der Waals surface area contributed by atoms with Gasteiger partial charge in [-0.1, -0.05) is 19.1 Å². The lowest BCUT2D eigenvalue weighted by atomic mass is 10.2. The fourth-order valence-corrected chi connectivity index (χ4v) is 3.23. The molecule has 2 aromatic carbocycles. The van der Waals surface area contributed by atoms with Crippen LogP contribution in [0.4, 0.5) is 5.69 Å². The van der Waals surface area contributed by atoms with Crippen molar-refractivity contribution in [2.75, 3.05) is 52.3 Å². The normalized spacial score (nSPS) is 14.8. The van der Waals surface area contributed by atoms with Crippen LogP contribution in [0.2, 0.25) is 0 Å². The van der Waals surface area contributed by atoms with Crippen LogP contribution in [0, 0.1) is 0 Å². The number of amides is 2. The van der Waals surface area contributed by atoms with Crippen molar-refractivity contribution in [2.45, 2.75) is 13.0 Å². The van der Waals surface area contributed by atoms with E-state index in [2.05, 4.69) is 5.32 Å². The van der Waals surface area contributed by atoms with E-state index in [9.17, 15) is 9.59 Å². The summed E-state index contributed by atoms with van der Waals surface area (Å²) in [5, 5.41) is 2.84. The Morgan fingerprint density at radius 1 is 1.10 bits per heavy atom. The number of fused-ring (bicyclic) bond motifs is 1. The van der Waals surface area contributed by atoms with Crippen molar-refractivity contribution in [3.8, 4) is 17.2 Å². The van der Waals surface area contributed by atoms with Crippen LogP contribution in [0.15, 0.2) is 48.5 Å². The third-order valence-corrected chi connectivity index (χ3v) is 5.02. The number of para-hydroxylation sites is 2. The molecule has 8 heteroatoms. The second-order valence-corrected chi connectivity index (χ2v) is 7.35. The summed E-state index contributed by atoms with van der Waals surface area (Å²) in [5.41, 5.74) is 0.681. The van der Waals surface area contributed by atoms with Crippen LogP contribution in [0.1, 0.15) is 6.92 Å². The maximum Gasteiger partial charge on any atom is 0.238 e. The molecule has 166 valence electrons. The van der Waals surface area contributed by atoms with Gasteiger partial charge in [0.25, 0.3) is 0 Å². The first kappa shape index (κ1) is 22.4. The molecule has 0 saturated carbocycles. The third kappa shape index (κ3) is 6.36. The van der Waals surface area contributed by atoms with Crippen molar-refractivity contribution < 1.29 is 23.8 Å². The van der Waals surface area contributed by atoms with E-state index in [0.29, 0.717) is 36.9 Å². The summed E-state index contributed by atoms with van der Waals surface area (Å²) < 4.78 is 16.7. The highest BCUT2D eigenvalue weighted by Gasteiger charge is 2.24. The predicted molar refractivity (Wildman–Crippen MR) is 118 cm³/mol. The van der Waals surface area contributed by atoms with Gasteiger partial charge < -0.3 is 24.4 Å².